The summed E-state index contributed by atoms with van der Waals surface area (Å²) in [6.45, 7) is 0.505. The molecule has 1 N–H and O–H groups in total. The molecule has 100 valence electrons. The second-order valence-electron chi connectivity index (χ2n) is 3.94. The molecule has 0 aliphatic rings. The van der Waals surface area contributed by atoms with Crippen LogP contribution in [-0.2, 0) is 6.54 Å². The minimum absolute atomic E-state index is 0.276. The van der Waals surface area contributed by atoms with Gasteiger partial charge in [0.25, 0.3) is 0 Å². The van der Waals surface area contributed by atoms with E-state index < -0.39 is 0 Å². The van der Waals surface area contributed by atoms with Crippen LogP contribution in [0.15, 0.2) is 45.3 Å². The number of hydrogen-bond acceptors (Lipinski definition) is 2. The minimum atomic E-state index is -0.276. The molecule has 0 amide bonds. The lowest BCUT2D eigenvalue weighted by atomic mass is 10.2. The molecule has 0 heterocycles. The van der Waals surface area contributed by atoms with Gasteiger partial charge in [0.05, 0.1) is 12.8 Å². The largest absolute Gasteiger partial charge is 0.497 e. The summed E-state index contributed by atoms with van der Waals surface area (Å²) in [5.74, 6) is 0.497. The Balaban J connectivity index is 2.16. The lowest BCUT2D eigenvalue weighted by molar-refractivity contribution is 0.414. The molecule has 19 heavy (non-hydrogen) atoms. The highest BCUT2D eigenvalue weighted by atomic mass is 79.9. The van der Waals surface area contributed by atoms with E-state index in [0.717, 1.165) is 20.3 Å². The summed E-state index contributed by atoms with van der Waals surface area (Å²) in [5, 5.41) is 3.07. The van der Waals surface area contributed by atoms with Crippen LogP contribution in [-0.4, -0.2) is 7.11 Å². The van der Waals surface area contributed by atoms with E-state index in [1.54, 1.807) is 19.2 Å². The Kier molecular flexibility index (Phi) is 4.82. The summed E-state index contributed by atoms with van der Waals surface area (Å²) in [6.07, 6.45) is 0. The van der Waals surface area contributed by atoms with Crippen molar-refractivity contribution in [1.29, 1.82) is 0 Å². The van der Waals surface area contributed by atoms with Gasteiger partial charge in [-0.1, -0.05) is 31.9 Å². The van der Waals surface area contributed by atoms with Crippen molar-refractivity contribution in [3.63, 3.8) is 0 Å². The number of nitrogens with one attached hydrogen (secondary N) is 1. The average Bonchev–Trinajstić information content (AvgIpc) is 2.41. The number of halogens is 3. The SMILES string of the molecule is COc1ccc(Br)c(CNc2cc(Br)ccc2F)c1. The number of hydrogen-bond donors (Lipinski definition) is 1. The molecule has 2 nitrogen and oxygen atoms in total. The standard InChI is InChI=1S/C14H12Br2FNO/c1-19-11-3-4-12(16)9(6-11)8-18-14-7-10(15)2-5-13(14)17/h2-7,18H,8H2,1H3. The van der Waals surface area contributed by atoms with Crippen molar-refractivity contribution < 1.29 is 9.13 Å². The summed E-state index contributed by atoms with van der Waals surface area (Å²) in [4.78, 5) is 0. The van der Waals surface area contributed by atoms with Gasteiger partial charge < -0.3 is 10.1 Å². The summed E-state index contributed by atoms with van der Waals surface area (Å²) >= 11 is 6.79. The van der Waals surface area contributed by atoms with Crippen LogP contribution >= 0.6 is 31.9 Å². The second-order valence-corrected chi connectivity index (χ2v) is 5.71. The van der Waals surface area contributed by atoms with Gasteiger partial charge in [0.15, 0.2) is 0 Å². The van der Waals surface area contributed by atoms with Crippen molar-refractivity contribution in [3.05, 3.63) is 56.7 Å². The first-order valence-electron chi connectivity index (χ1n) is 5.61. The zero-order valence-electron chi connectivity index (χ0n) is 10.2. The van der Waals surface area contributed by atoms with Crippen molar-refractivity contribution in [2.75, 3.05) is 12.4 Å². The highest BCUT2D eigenvalue weighted by molar-refractivity contribution is 9.10. The predicted octanol–water partition coefficient (Wildman–Crippen LogP) is 4.97. The summed E-state index contributed by atoms with van der Waals surface area (Å²) < 4.78 is 20.6. The lowest BCUT2D eigenvalue weighted by Gasteiger charge is -2.11. The van der Waals surface area contributed by atoms with Crippen LogP contribution in [0, 0.1) is 5.82 Å². The van der Waals surface area contributed by atoms with Gasteiger partial charge in [-0.2, -0.15) is 0 Å². The highest BCUT2D eigenvalue weighted by Crippen LogP contribution is 2.25. The van der Waals surface area contributed by atoms with Crippen molar-refractivity contribution in [2.45, 2.75) is 6.54 Å². The van der Waals surface area contributed by atoms with Gasteiger partial charge >= 0.3 is 0 Å². The molecule has 2 aromatic rings. The fourth-order valence-corrected chi connectivity index (χ4v) is 2.38. The van der Waals surface area contributed by atoms with E-state index in [-0.39, 0.29) is 5.82 Å². The van der Waals surface area contributed by atoms with Crippen LogP contribution in [0.25, 0.3) is 0 Å². The fourth-order valence-electron chi connectivity index (χ4n) is 1.64. The topological polar surface area (TPSA) is 21.3 Å². The number of benzene rings is 2. The molecule has 2 rings (SSSR count). The second kappa shape index (κ2) is 6.39. The van der Waals surface area contributed by atoms with E-state index in [4.69, 9.17) is 4.74 Å². The molecule has 0 aliphatic carbocycles. The molecular formula is C14H12Br2FNO. The van der Waals surface area contributed by atoms with Crippen LogP contribution in [0.3, 0.4) is 0 Å². The quantitative estimate of drug-likeness (QED) is 0.798. The van der Waals surface area contributed by atoms with Gasteiger partial charge in [0, 0.05) is 15.5 Å². The van der Waals surface area contributed by atoms with Crippen LogP contribution in [0.1, 0.15) is 5.56 Å². The lowest BCUT2D eigenvalue weighted by Crippen LogP contribution is -2.02. The maximum Gasteiger partial charge on any atom is 0.146 e. The van der Waals surface area contributed by atoms with Crippen LogP contribution in [0.4, 0.5) is 10.1 Å². The molecule has 0 saturated carbocycles. The Hall–Kier alpha value is -1.07. The Labute approximate surface area is 128 Å². The van der Waals surface area contributed by atoms with Gasteiger partial charge in [0.1, 0.15) is 11.6 Å². The molecule has 0 radical (unpaired) electrons. The van der Waals surface area contributed by atoms with E-state index in [1.807, 2.05) is 18.2 Å². The third-order valence-corrected chi connectivity index (χ3v) is 3.92. The van der Waals surface area contributed by atoms with E-state index in [9.17, 15) is 4.39 Å². The van der Waals surface area contributed by atoms with E-state index in [1.165, 1.54) is 6.07 Å². The Bertz CT molecular complexity index is 590. The Morgan fingerprint density at radius 2 is 1.95 bits per heavy atom. The molecule has 2 aromatic carbocycles. The summed E-state index contributed by atoms with van der Waals surface area (Å²) in [6, 6.07) is 10.5. The average molecular weight is 389 g/mol. The van der Waals surface area contributed by atoms with Gasteiger partial charge in [0.2, 0.25) is 0 Å². The van der Waals surface area contributed by atoms with Gasteiger partial charge in [-0.25, -0.2) is 4.39 Å². The molecule has 5 heteroatoms. The van der Waals surface area contributed by atoms with Crippen LogP contribution in [0.2, 0.25) is 0 Å². The first-order valence-corrected chi connectivity index (χ1v) is 7.20. The number of ether oxygens (including phenoxy) is 1. The Morgan fingerprint density at radius 1 is 1.16 bits per heavy atom. The molecule has 0 aromatic heterocycles. The van der Waals surface area contributed by atoms with Crippen molar-refractivity contribution in [2.24, 2.45) is 0 Å². The van der Waals surface area contributed by atoms with E-state index in [0.29, 0.717) is 12.2 Å². The van der Waals surface area contributed by atoms with E-state index in [2.05, 4.69) is 37.2 Å². The third kappa shape index (κ3) is 3.70. The van der Waals surface area contributed by atoms with Gasteiger partial charge in [-0.15, -0.1) is 0 Å². The number of anilines is 1. The monoisotopic (exact) mass is 387 g/mol. The maximum atomic E-state index is 13.6. The molecular weight excluding hydrogens is 377 g/mol. The van der Waals surface area contributed by atoms with Gasteiger partial charge in [-0.3, -0.25) is 0 Å². The molecule has 0 bridgehead atoms. The number of rotatable bonds is 4. The molecule has 0 atom stereocenters. The number of methoxy groups -OCH3 is 1. The van der Waals surface area contributed by atoms with Gasteiger partial charge in [-0.05, 0) is 42.0 Å². The van der Waals surface area contributed by atoms with Crippen molar-refractivity contribution in [3.8, 4) is 5.75 Å². The molecule has 0 aliphatic heterocycles. The molecule has 0 spiro atoms. The zero-order chi connectivity index (χ0) is 13.8. The summed E-state index contributed by atoms with van der Waals surface area (Å²) in [7, 11) is 1.62. The van der Waals surface area contributed by atoms with Crippen LogP contribution in [0.5, 0.6) is 5.75 Å². The molecule has 0 fully saturated rings. The smallest absolute Gasteiger partial charge is 0.146 e. The Morgan fingerprint density at radius 3 is 2.68 bits per heavy atom. The van der Waals surface area contributed by atoms with Crippen molar-refractivity contribution >= 4 is 37.5 Å². The predicted molar refractivity (Wildman–Crippen MR) is 82.1 cm³/mol. The highest BCUT2D eigenvalue weighted by Gasteiger charge is 2.05. The normalized spacial score (nSPS) is 10.3. The fraction of sp³-hybridized carbons (Fsp3) is 0.143. The molecule has 0 unspecified atom stereocenters. The zero-order valence-corrected chi connectivity index (χ0v) is 13.4. The minimum Gasteiger partial charge on any atom is -0.497 e. The first-order chi connectivity index (χ1) is 9.10. The maximum absolute atomic E-state index is 13.6. The van der Waals surface area contributed by atoms with Crippen molar-refractivity contribution in [1.82, 2.24) is 0 Å². The first kappa shape index (κ1) is 14.3. The summed E-state index contributed by atoms with van der Waals surface area (Å²) in [5.41, 5.74) is 1.46. The third-order valence-electron chi connectivity index (χ3n) is 2.65. The van der Waals surface area contributed by atoms with E-state index >= 15 is 0 Å². The molecule has 0 saturated heterocycles. The van der Waals surface area contributed by atoms with Crippen LogP contribution < -0.4 is 10.1 Å².